The Labute approximate surface area is 56.4 Å². The van der Waals surface area contributed by atoms with Gasteiger partial charge in [-0.3, -0.25) is 0 Å². The highest BCUT2D eigenvalue weighted by atomic mass is 16.3. The molecule has 0 radical (unpaired) electrons. The number of hydrogen-bond donors (Lipinski definition) is 2. The van der Waals surface area contributed by atoms with Gasteiger partial charge in [0.25, 0.3) is 0 Å². The lowest BCUT2D eigenvalue weighted by atomic mass is 10.0. The van der Waals surface area contributed by atoms with Gasteiger partial charge in [-0.2, -0.15) is 0 Å². The van der Waals surface area contributed by atoms with Gasteiger partial charge in [-0.05, 0) is 26.3 Å². The van der Waals surface area contributed by atoms with Crippen molar-refractivity contribution in [1.82, 2.24) is 0 Å². The zero-order valence-electron chi connectivity index (χ0n) is 6.31. The zero-order valence-corrected chi connectivity index (χ0v) is 6.31. The Morgan fingerprint density at radius 3 is 2.33 bits per heavy atom. The summed E-state index contributed by atoms with van der Waals surface area (Å²) in [6.07, 6.45) is 2.36. The molecule has 0 saturated carbocycles. The van der Waals surface area contributed by atoms with Crippen molar-refractivity contribution < 1.29 is 5.11 Å². The Morgan fingerprint density at radius 1 is 1.78 bits per heavy atom. The number of nitrogens with two attached hydrogens (primary N) is 1. The average Bonchev–Trinajstić information content (AvgIpc) is 1.63. The zero-order chi connectivity index (χ0) is 7.49. The van der Waals surface area contributed by atoms with Crippen molar-refractivity contribution in [3.63, 3.8) is 0 Å². The van der Waals surface area contributed by atoms with Gasteiger partial charge in [-0.15, -0.1) is 0 Å². The Hall–Kier alpha value is -0.500. The topological polar surface area (TPSA) is 46.2 Å². The first kappa shape index (κ1) is 8.50. The van der Waals surface area contributed by atoms with Crippen LogP contribution in [-0.4, -0.2) is 10.7 Å². The second-order valence-electron chi connectivity index (χ2n) is 2.60. The molecule has 0 aromatic carbocycles. The predicted molar refractivity (Wildman–Crippen MR) is 38.9 cm³/mol. The molecule has 3 N–H and O–H groups in total. The highest BCUT2D eigenvalue weighted by Gasteiger charge is 2.12. The van der Waals surface area contributed by atoms with Crippen molar-refractivity contribution in [1.29, 1.82) is 0 Å². The minimum absolute atomic E-state index is 0.668. The van der Waals surface area contributed by atoms with E-state index in [0.29, 0.717) is 12.1 Å². The Kier molecular flexibility index (Phi) is 2.71. The van der Waals surface area contributed by atoms with Gasteiger partial charge in [0, 0.05) is 5.70 Å². The van der Waals surface area contributed by atoms with Crippen LogP contribution in [0.2, 0.25) is 0 Å². The van der Waals surface area contributed by atoms with E-state index in [2.05, 4.69) is 0 Å². The fourth-order valence-corrected chi connectivity index (χ4v) is 0.593. The molecule has 0 saturated heterocycles. The third-order valence-electron chi connectivity index (χ3n) is 1.25. The van der Waals surface area contributed by atoms with E-state index in [9.17, 15) is 5.11 Å². The molecule has 0 amide bonds. The van der Waals surface area contributed by atoms with Crippen LogP contribution in [0, 0.1) is 0 Å². The molecule has 0 aromatic heterocycles. The average molecular weight is 129 g/mol. The summed E-state index contributed by atoms with van der Waals surface area (Å²) in [5, 5.41) is 9.34. The van der Waals surface area contributed by atoms with Crippen molar-refractivity contribution in [2.24, 2.45) is 5.73 Å². The summed E-state index contributed by atoms with van der Waals surface area (Å²) in [7, 11) is 0. The van der Waals surface area contributed by atoms with E-state index < -0.39 is 5.60 Å². The number of allylic oxidation sites excluding steroid dienone is 1. The molecule has 54 valence electrons. The van der Waals surface area contributed by atoms with E-state index in [1.807, 2.05) is 6.92 Å². The molecule has 0 heterocycles. The Morgan fingerprint density at radius 2 is 2.22 bits per heavy atom. The van der Waals surface area contributed by atoms with Gasteiger partial charge >= 0.3 is 0 Å². The lowest BCUT2D eigenvalue weighted by Crippen LogP contribution is -2.20. The molecule has 9 heavy (non-hydrogen) atoms. The fraction of sp³-hybridized carbons (Fsp3) is 0.714. The first-order valence-electron chi connectivity index (χ1n) is 3.15. The van der Waals surface area contributed by atoms with Crippen LogP contribution in [0.1, 0.15) is 27.2 Å². The summed E-state index contributed by atoms with van der Waals surface area (Å²) < 4.78 is 0. The summed E-state index contributed by atoms with van der Waals surface area (Å²) in [5.74, 6) is 0. The van der Waals surface area contributed by atoms with E-state index in [4.69, 9.17) is 5.73 Å². The van der Waals surface area contributed by atoms with Gasteiger partial charge in [0.05, 0.1) is 5.60 Å². The molecule has 0 aromatic rings. The van der Waals surface area contributed by atoms with E-state index in [1.54, 1.807) is 19.9 Å². The standard InChI is InChI=1S/C7H15NO/c1-4-7(3,9)5-6(2)8/h5,9H,4,8H2,1-3H3/b6-5+. The van der Waals surface area contributed by atoms with Crippen LogP contribution in [0.4, 0.5) is 0 Å². The minimum Gasteiger partial charge on any atom is -0.402 e. The van der Waals surface area contributed by atoms with E-state index in [-0.39, 0.29) is 0 Å². The number of aliphatic hydroxyl groups is 1. The smallest absolute Gasteiger partial charge is 0.0816 e. The highest BCUT2D eigenvalue weighted by Crippen LogP contribution is 2.10. The summed E-state index contributed by atoms with van der Waals surface area (Å²) in [6.45, 7) is 5.42. The molecule has 0 bridgehead atoms. The summed E-state index contributed by atoms with van der Waals surface area (Å²) in [5.41, 5.74) is 5.30. The second kappa shape index (κ2) is 2.87. The van der Waals surface area contributed by atoms with E-state index in [1.165, 1.54) is 0 Å². The van der Waals surface area contributed by atoms with Crippen molar-refractivity contribution in [2.75, 3.05) is 0 Å². The maximum Gasteiger partial charge on any atom is 0.0816 e. The van der Waals surface area contributed by atoms with Crippen LogP contribution >= 0.6 is 0 Å². The number of rotatable bonds is 2. The molecule has 0 rings (SSSR count). The van der Waals surface area contributed by atoms with Crippen LogP contribution in [0.25, 0.3) is 0 Å². The summed E-state index contributed by atoms with van der Waals surface area (Å²) in [6, 6.07) is 0. The van der Waals surface area contributed by atoms with Crippen molar-refractivity contribution >= 4 is 0 Å². The third-order valence-corrected chi connectivity index (χ3v) is 1.25. The van der Waals surface area contributed by atoms with Crippen molar-refractivity contribution in [3.8, 4) is 0 Å². The van der Waals surface area contributed by atoms with Crippen LogP contribution in [0.5, 0.6) is 0 Å². The summed E-state index contributed by atoms with van der Waals surface area (Å²) >= 11 is 0. The first-order valence-corrected chi connectivity index (χ1v) is 3.15. The summed E-state index contributed by atoms with van der Waals surface area (Å²) in [4.78, 5) is 0. The quantitative estimate of drug-likeness (QED) is 0.584. The lowest BCUT2D eigenvalue weighted by Gasteiger charge is -2.15. The van der Waals surface area contributed by atoms with Crippen molar-refractivity contribution in [3.05, 3.63) is 11.8 Å². The maximum atomic E-state index is 9.34. The van der Waals surface area contributed by atoms with Gasteiger partial charge in [0.1, 0.15) is 0 Å². The van der Waals surface area contributed by atoms with Crippen LogP contribution in [-0.2, 0) is 0 Å². The Balaban J connectivity index is 4.01. The molecule has 0 spiro atoms. The first-order chi connectivity index (χ1) is 3.98. The monoisotopic (exact) mass is 129 g/mol. The molecule has 0 aliphatic rings. The normalized spacial score (nSPS) is 19.3. The highest BCUT2D eigenvalue weighted by molar-refractivity contribution is 5.03. The van der Waals surface area contributed by atoms with Crippen molar-refractivity contribution in [2.45, 2.75) is 32.8 Å². The van der Waals surface area contributed by atoms with Gasteiger partial charge in [-0.1, -0.05) is 6.92 Å². The second-order valence-corrected chi connectivity index (χ2v) is 2.60. The molecular weight excluding hydrogens is 114 g/mol. The van der Waals surface area contributed by atoms with E-state index in [0.717, 1.165) is 0 Å². The van der Waals surface area contributed by atoms with Crippen LogP contribution in [0.15, 0.2) is 11.8 Å². The van der Waals surface area contributed by atoms with E-state index >= 15 is 0 Å². The molecule has 0 aliphatic heterocycles. The van der Waals surface area contributed by atoms with Gasteiger partial charge in [0.15, 0.2) is 0 Å². The molecule has 0 aliphatic carbocycles. The molecular formula is C7H15NO. The predicted octanol–water partition coefficient (Wildman–Crippen LogP) is 1.01. The molecule has 0 fully saturated rings. The minimum atomic E-state index is -0.723. The molecule has 2 nitrogen and oxygen atoms in total. The molecule has 1 unspecified atom stereocenters. The SMILES string of the molecule is CCC(C)(O)/C=C(\C)N. The molecule has 1 atom stereocenters. The Bertz CT molecular complexity index is 112. The third kappa shape index (κ3) is 4.03. The maximum absolute atomic E-state index is 9.34. The van der Waals surface area contributed by atoms with Crippen LogP contribution in [0.3, 0.4) is 0 Å². The van der Waals surface area contributed by atoms with Gasteiger partial charge in [0.2, 0.25) is 0 Å². The number of hydrogen-bond acceptors (Lipinski definition) is 2. The van der Waals surface area contributed by atoms with Gasteiger partial charge < -0.3 is 10.8 Å². The van der Waals surface area contributed by atoms with Gasteiger partial charge in [-0.25, -0.2) is 0 Å². The molecule has 2 heteroatoms. The fourth-order valence-electron chi connectivity index (χ4n) is 0.593. The van der Waals surface area contributed by atoms with Crippen LogP contribution < -0.4 is 5.73 Å². The lowest BCUT2D eigenvalue weighted by molar-refractivity contribution is 0.107. The largest absolute Gasteiger partial charge is 0.402 e.